The Hall–Kier alpha value is -0.160. The summed E-state index contributed by atoms with van der Waals surface area (Å²) in [6.45, 7) is 2.26. The summed E-state index contributed by atoms with van der Waals surface area (Å²) in [7, 11) is 0. The predicted molar refractivity (Wildman–Crippen MR) is 92.5 cm³/mol. The van der Waals surface area contributed by atoms with Crippen LogP contribution in [-0.2, 0) is 0 Å². The second kappa shape index (κ2) is 15.7. The van der Waals surface area contributed by atoms with Gasteiger partial charge in [-0.15, -0.1) is 0 Å². The minimum atomic E-state index is -1.63. The van der Waals surface area contributed by atoms with E-state index < -0.39 is 18.4 Å². The van der Waals surface area contributed by atoms with Crippen LogP contribution in [0.2, 0.25) is 0 Å². The first-order chi connectivity index (χ1) is 10.6. The van der Waals surface area contributed by atoms with Gasteiger partial charge in [-0.1, -0.05) is 90.4 Å². The number of aliphatic hydroxyl groups is 3. The van der Waals surface area contributed by atoms with Gasteiger partial charge in [0.1, 0.15) is 0 Å². The molecule has 0 fully saturated rings. The van der Waals surface area contributed by atoms with Gasteiger partial charge in [-0.05, 0) is 6.42 Å². The molecule has 2 atom stereocenters. The fourth-order valence-electron chi connectivity index (χ4n) is 2.76. The Kier molecular flexibility index (Phi) is 15.6. The lowest BCUT2D eigenvalue weighted by Crippen LogP contribution is -2.44. The number of nitrogens with two attached hydrogens (primary N) is 1. The molecule has 22 heavy (non-hydrogen) atoms. The summed E-state index contributed by atoms with van der Waals surface area (Å²) in [6.07, 6.45) is 14.9. The van der Waals surface area contributed by atoms with Crippen LogP contribution in [0.5, 0.6) is 0 Å². The Labute approximate surface area is 137 Å². The van der Waals surface area contributed by atoms with Gasteiger partial charge in [0, 0.05) is 0 Å². The van der Waals surface area contributed by atoms with Gasteiger partial charge in [0.05, 0.1) is 12.1 Å². The van der Waals surface area contributed by atoms with E-state index in [1.165, 1.54) is 70.6 Å². The highest BCUT2D eigenvalue weighted by molar-refractivity contribution is 4.73. The van der Waals surface area contributed by atoms with E-state index in [9.17, 15) is 5.11 Å². The van der Waals surface area contributed by atoms with Crippen molar-refractivity contribution in [3.05, 3.63) is 0 Å². The lowest BCUT2D eigenvalue weighted by atomic mass is 10.0. The molecule has 0 aromatic rings. The highest BCUT2D eigenvalue weighted by Crippen LogP contribution is 2.14. The molecule has 0 saturated carbocycles. The topological polar surface area (TPSA) is 86.7 Å². The summed E-state index contributed by atoms with van der Waals surface area (Å²) in [5.41, 5.74) is 5.46. The maximum atomic E-state index is 9.62. The molecule has 134 valence electrons. The quantitative estimate of drug-likeness (QED) is 0.259. The van der Waals surface area contributed by atoms with Crippen molar-refractivity contribution in [2.24, 2.45) is 5.73 Å². The minimum Gasteiger partial charge on any atom is -0.391 e. The molecule has 0 aromatic heterocycles. The summed E-state index contributed by atoms with van der Waals surface area (Å²) in [4.78, 5) is 0. The highest BCUT2D eigenvalue weighted by atomic mass is 16.5. The van der Waals surface area contributed by atoms with E-state index in [1.54, 1.807) is 0 Å². The summed E-state index contributed by atoms with van der Waals surface area (Å²) >= 11 is 0. The number of rotatable bonds is 16. The van der Waals surface area contributed by atoms with Crippen LogP contribution in [0.4, 0.5) is 0 Å². The monoisotopic (exact) mass is 317 g/mol. The molecule has 0 aliphatic heterocycles. The summed E-state index contributed by atoms with van der Waals surface area (Å²) < 4.78 is 0. The Morgan fingerprint density at radius 2 is 1.00 bits per heavy atom. The number of hydrogen-bond donors (Lipinski definition) is 4. The molecule has 0 radical (unpaired) electrons. The smallest absolute Gasteiger partial charge is 0.169 e. The normalized spacial score (nSPS) is 14.5. The summed E-state index contributed by atoms with van der Waals surface area (Å²) in [5, 5.41) is 27.4. The Morgan fingerprint density at radius 1 is 0.636 bits per heavy atom. The van der Waals surface area contributed by atoms with Crippen molar-refractivity contribution in [3.8, 4) is 0 Å². The van der Waals surface area contributed by atoms with Gasteiger partial charge in [0.2, 0.25) is 0 Å². The fraction of sp³-hybridized carbons (Fsp3) is 1.00. The number of aliphatic hydroxyl groups excluding tert-OH is 2. The molecule has 0 heterocycles. The molecule has 0 rings (SSSR count). The van der Waals surface area contributed by atoms with Crippen molar-refractivity contribution >= 4 is 0 Å². The zero-order valence-electron chi connectivity index (χ0n) is 14.6. The van der Waals surface area contributed by atoms with Crippen LogP contribution in [0.1, 0.15) is 96.8 Å². The van der Waals surface area contributed by atoms with Gasteiger partial charge in [-0.3, -0.25) is 0 Å². The second-order valence-electron chi connectivity index (χ2n) is 6.59. The molecule has 4 heteroatoms. The van der Waals surface area contributed by atoms with Crippen LogP contribution >= 0.6 is 0 Å². The first-order valence-electron chi connectivity index (χ1n) is 9.39. The largest absolute Gasteiger partial charge is 0.391 e. The van der Waals surface area contributed by atoms with E-state index in [-0.39, 0.29) is 0 Å². The lowest BCUT2D eigenvalue weighted by molar-refractivity contribution is -0.0871. The van der Waals surface area contributed by atoms with Crippen molar-refractivity contribution in [2.45, 2.75) is 115 Å². The van der Waals surface area contributed by atoms with E-state index >= 15 is 0 Å². The third-order valence-electron chi connectivity index (χ3n) is 4.39. The molecular weight excluding hydrogens is 278 g/mol. The maximum Gasteiger partial charge on any atom is 0.169 e. The molecule has 0 amide bonds. The van der Waals surface area contributed by atoms with Gasteiger partial charge in [0.25, 0.3) is 0 Å². The van der Waals surface area contributed by atoms with Crippen molar-refractivity contribution in [3.63, 3.8) is 0 Å². The van der Waals surface area contributed by atoms with Gasteiger partial charge < -0.3 is 21.1 Å². The molecule has 0 aliphatic carbocycles. The van der Waals surface area contributed by atoms with Crippen molar-refractivity contribution in [2.75, 3.05) is 0 Å². The van der Waals surface area contributed by atoms with Crippen LogP contribution in [0.3, 0.4) is 0 Å². The van der Waals surface area contributed by atoms with Crippen molar-refractivity contribution in [1.82, 2.24) is 0 Å². The zero-order valence-corrected chi connectivity index (χ0v) is 14.6. The minimum absolute atomic E-state index is 0.552. The third-order valence-corrected chi connectivity index (χ3v) is 4.39. The van der Waals surface area contributed by atoms with Gasteiger partial charge >= 0.3 is 0 Å². The average Bonchev–Trinajstić information content (AvgIpc) is 2.50. The Balaban J connectivity index is 3.17. The third kappa shape index (κ3) is 13.5. The fourth-order valence-corrected chi connectivity index (χ4v) is 2.76. The van der Waals surface area contributed by atoms with E-state index in [0.717, 1.165) is 12.8 Å². The van der Waals surface area contributed by atoms with Gasteiger partial charge in [-0.25, -0.2) is 0 Å². The molecule has 0 aliphatic rings. The second-order valence-corrected chi connectivity index (χ2v) is 6.59. The first-order valence-corrected chi connectivity index (χ1v) is 9.39. The van der Waals surface area contributed by atoms with Crippen LogP contribution in [-0.4, -0.2) is 33.8 Å². The number of unbranched alkanes of at least 4 members (excludes halogenated alkanes) is 12. The molecule has 4 nitrogen and oxygen atoms in total. The molecule has 0 aromatic carbocycles. The molecule has 0 bridgehead atoms. The molecule has 5 N–H and O–H groups in total. The Morgan fingerprint density at radius 3 is 1.36 bits per heavy atom. The van der Waals surface area contributed by atoms with E-state index in [0.29, 0.717) is 6.42 Å². The molecule has 0 spiro atoms. The molecular formula is C18H39NO3. The van der Waals surface area contributed by atoms with Crippen LogP contribution in [0, 0.1) is 0 Å². The Bertz CT molecular complexity index is 224. The first kappa shape index (κ1) is 21.8. The van der Waals surface area contributed by atoms with Crippen LogP contribution < -0.4 is 5.73 Å². The number of hydrogen-bond acceptors (Lipinski definition) is 4. The van der Waals surface area contributed by atoms with Crippen LogP contribution in [0.25, 0.3) is 0 Å². The SMILES string of the molecule is CCCCCCCCCCCCCCC[C@@H](O)[C@@H](N)C(O)O. The van der Waals surface area contributed by atoms with E-state index in [4.69, 9.17) is 15.9 Å². The van der Waals surface area contributed by atoms with E-state index in [2.05, 4.69) is 6.92 Å². The average molecular weight is 318 g/mol. The predicted octanol–water partition coefficient (Wildman–Crippen LogP) is 3.47. The van der Waals surface area contributed by atoms with Gasteiger partial charge in [0.15, 0.2) is 6.29 Å². The van der Waals surface area contributed by atoms with Gasteiger partial charge in [-0.2, -0.15) is 0 Å². The van der Waals surface area contributed by atoms with Crippen LogP contribution in [0.15, 0.2) is 0 Å². The molecule has 0 unspecified atom stereocenters. The zero-order chi connectivity index (χ0) is 16.6. The lowest BCUT2D eigenvalue weighted by Gasteiger charge is -2.20. The molecule has 0 saturated heterocycles. The van der Waals surface area contributed by atoms with Crippen molar-refractivity contribution < 1.29 is 15.3 Å². The van der Waals surface area contributed by atoms with E-state index in [1.807, 2.05) is 0 Å². The standard InChI is InChI=1S/C18H39NO3/c1-2-3-4-5-6-7-8-9-10-11-12-13-14-15-16(20)17(19)18(21)22/h16-18,20-22H,2-15,19H2,1H3/t16-,17-/m1/s1. The summed E-state index contributed by atoms with van der Waals surface area (Å²) in [5.74, 6) is 0. The summed E-state index contributed by atoms with van der Waals surface area (Å²) in [6, 6.07) is -0.947. The maximum absolute atomic E-state index is 9.62. The highest BCUT2D eigenvalue weighted by Gasteiger charge is 2.20. The van der Waals surface area contributed by atoms with Crippen molar-refractivity contribution in [1.29, 1.82) is 0 Å².